The lowest BCUT2D eigenvalue weighted by Crippen LogP contribution is -2.13. The van der Waals surface area contributed by atoms with Crippen LogP contribution in [0, 0.1) is 5.92 Å². The number of fused-ring (bicyclic) bond motifs is 1. The first-order valence-electron chi connectivity index (χ1n) is 6.79. The van der Waals surface area contributed by atoms with Crippen LogP contribution in [0.1, 0.15) is 62.8 Å². The molecule has 1 N–H and O–H groups in total. The van der Waals surface area contributed by atoms with Gasteiger partial charge in [-0.1, -0.05) is 27.7 Å². The third-order valence-electron chi connectivity index (χ3n) is 3.83. The molecular weight excluding hydrogens is 208 g/mol. The Bertz CT molecular complexity index is 383. The molecule has 0 amide bonds. The van der Waals surface area contributed by atoms with Crippen LogP contribution in [0.4, 0.5) is 0 Å². The van der Waals surface area contributed by atoms with Crippen molar-refractivity contribution in [2.24, 2.45) is 5.92 Å². The summed E-state index contributed by atoms with van der Waals surface area (Å²) in [5, 5.41) is 3.49. The number of rotatable bonds is 2. The molecule has 2 heterocycles. The maximum atomic E-state index is 4.59. The van der Waals surface area contributed by atoms with Gasteiger partial charge in [-0.3, -0.25) is 4.98 Å². The number of nitrogens with zero attached hydrogens (tertiary/aromatic N) is 1. The molecule has 0 saturated heterocycles. The van der Waals surface area contributed by atoms with Crippen molar-refractivity contribution in [3.63, 3.8) is 0 Å². The van der Waals surface area contributed by atoms with Gasteiger partial charge >= 0.3 is 0 Å². The van der Waals surface area contributed by atoms with Crippen LogP contribution in [-0.2, 0) is 6.54 Å². The van der Waals surface area contributed by atoms with E-state index < -0.39 is 0 Å². The molecular formula is C15H24N2. The zero-order chi connectivity index (χ0) is 12.4. The average molecular weight is 232 g/mol. The van der Waals surface area contributed by atoms with Crippen molar-refractivity contribution in [3.8, 4) is 0 Å². The lowest BCUT2D eigenvalue weighted by Gasteiger charge is -2.25. The normalized spacial score (nSPS) is 20.5. The standard InChI is InChI=1S/C15H24N2/c1-10(2)12-5-7-16-9-14-15(12)13(11(3)4)6-8-17-14/h6,8,10-12,16H,5,7,9H2,1-4H3. The second-order valence-corrected chi connectivity index (χ2v) is 5.73. The minimum atomic E-state index is 0.589. The van der Waals surface area contributed by atoms with Crippen LogP contribution in [0.15, 0.2) is 12.3 Å². The van der Waals surface area contributed by atoms with Gasteiger partial charge in [0.1, 0.15) is 0 Å². The zero-order valence-electron chi connectivity index (χ0n) is 11.5. The fourth-order valence-electron chi connectivity index (χ4n) is 2.88. The summed E-state index contributed by atoms with van der Waals surface area (Å²) < 4.78 is 0. The van der Waals surface area contributed by atoms with Crippen molar-refractivity contribution < 1.29 is 0 Å². The highest BCUT2D eigenvalue weighted by atomic mass is 14.9. The summed E-state index contributed by atoms with van der Waals surface area (Å²) in [6.45, 7) is 11.3. The molecule has 2 rings (SSSR count). The average Bonchev–Trinajstić information content (AvgIpc) is 2.50. The predicted molar refractivity (Wildman–Crippen MR) is 72.2 cm³/mol. The topological polar surface area (TPSA) is 24.9 Å². The lowest BCUT2D eigenvalue weighted by molar-refractivity contribution is 0.463. The van der Waals surface area contributed by atoms with Gasteiger partial charge in [-0.25, -0.2) is 0 Å². The molecule has 17 heavy (non-hydrogen) atoms. The molecule has 94 valence electrons. The highest BCUT2D eigenvalue weighted by Gasteiger charge is 2.25. The molecule has 1 aromatic rings. The number of nitrogens with one attached hydrogen (secondary N) is 1. The van der Waals surface area contributed by atoms with E-state index in [1.54, 1.807) is 0 Å². The van der Waals surface area contributed by atoms with Crippen molar-refractivity contribution in [1.82, 2.24) is 10.3 Å². The highest BCUT2D eigenvalue weighted by molar-refractivity contribution is 5.36. The van der Waals surface area contributed by atoms with Gasteiger partial charge in [0.2, 0.25) is 0 Å². The fraction of sp³-hybridized carbons (Fsp3) is 0.667. The van der Waals surface area contributed by atoms with Gasteiger partial charge in [-0.15, -0.1) is 0 Å². The first kappa shape index (κ1) is 12.6. The Labute approximate surface area is 105 Å². The van der Waals surface area contributed by atoms with Gasteiger partial charge in [0.05, 0.1) is 5.69 Å². The van der Waals surface area contributed by atoms with Gasteiger partial charge in [-0.2, -0.15) is 0 Å². The molecule has 1 aliphatic heterocycles. The summed E-state index contributed by atoms with van der Waals surface area (Å²) >= 11 is 0. The van der Waals surface area contributed by atoms with Crippen LogP contribution >= 0.6 is 0 Å². The summed E-state index contributed by atoms with van der Waals surface area (Å²) in [6, 6.07) is 2.21. The van der Waals surface area contributed by atoms with Crippen LogP contribution in [-0.4, -0.2) is 11.5 Å². The lowest BCUT2D eigenvalue weighted by atomic mass is 9.80. The second-order valence-electron chi connectivity index (χ2n) is 5.73. The van der Waals surface area contributed by atoms with E-state index in [0.29, 0.717) is 17.8 Å². The predicted octanol–water partition coefficient (Wildman–Crippen LogP) is 3.44. The molecule has 0 aromatic carbocycles. The molecule has 0 saturated carbocycles. The first-order valence-corrected chi connectivity index (χ1v) is 6.79. The summed E-state index contributed by atoms with van der Waals surface area (Å²) in [6.07, 6.45) is 3.20. The fourth-order valence-corrected chi connectivity index (χ4v) is 2.88. The Kier molecular flexibility index (Phi) is 3.82. The van der Waals surface area contributed by atoms with Gasteiger partial charge in [0, 0.05) is 12.7 Å². The maximum Gasteiger partial charge on any atom is 0.0579 e. The van der Waals surface area contributed by atoms with Gasteiger partial charge in [0.15, 0.2) is 0 Å². The smallest absolute Gasteiger partial charge is 0.0579 e. The minimum absolute atomic E-state index is 0.589. The number of hydrogen-bond donors (Lipinski definition) is 1. The third kappa shape index (κ3) is 2.52. The van der Waals surface area contributed by atoms with E-state index in [4.69, 9.17) is 0 Å². The monoisotopic (exact) mass is 232 g/mol. The first-order chi connectivity index (χ1) is 8.11. The van der Waals surface area contributed by atoms with Crippen molar-refractivity contribution in [2.75, 3.05) is 6.54 Å². The molecule has 0 fully saturated rings. The molecule has 1 aromatic heterocycles. The molecule has 2 heteroatoms. The van der Waals surface area contributed by atoms with Crippen LogP contribution in [0.25, 0.3) is 0 Å². The van der Waals surface area contributed by atoms with E-state index in [0.717, 1.165) is 13.1 Å². The molecule has 0 spiro atoms. The molecule has 1 aliphatic rings. The molecule has 1 unspecified atom stereocenters. The van der Waals surface area contributed by atoms with Gasteiger partial charge in [0.25, 0.3) is 0 Å². The zero-order valence-corrected chi connectivity index (χ0v) is 11.5. The van der Waals surface area contributed by atoms with E-state index in [-0.39, 0.29) is 0 Å². The Hall–Kier alpha value is -0.890. The number of aromatic nitrogens is 1. The molecule has 2 nitrogen and oxygen atoms in total. The SMILES string of the molecule is CC(C)c1ccnc2c1C(C(C)C)CCNC2. The Morgan fingerprint density at radius 2 is 2.06 bits per heavy atom. The Morgan fingerprint density at radius 3 is 2.71 bits per heavy atom. The summed E-state index contributed by atoms with van der Waals surface area (Å²) in [7, 11) is 0. The van der Waals surface area contributed by atoms with Crippen LogP contribution < -0.4 is 5.32 Å². The molecule has 1 atom stereocenters. The Balaban J connectivity index is 2.52. The largest absolute Gasteiger partial charge is 0.311 e. The van der Waals surface area contributed by atoms with E-state index in [2.05, 4.69) is 44.1 Å². The molecule has 0 radical (unpaired) electrons. The number of pyridine rings is 1. The highest BCUT2D eigenvalue weighted by Crippen LogP contribution is 2.36. The van der Waals surface area contributed by atoms with Crippen LogP contribution in [0.5, 0.6) is 0 Å². The molecule has 0 bridgehead atoms. The molecule has 0 aliphatic carbocycles. The second kappa shape index (κ2) is 5.18. The number of hydrogen-bond acceptors (Lipinski definition) is 2. The van der Waals surface area contributed by atoms with Crippen molar-refractivity contribution >= 4 is 0 Å². The van der Waals surface area contributed by atoms with Gasteiger partial charge < -0.3 is 5.32 Å². The Morgan fingerprint density at radius 1 is 1.29 bits per heavy atom. The summed E-state index contributed by atoms with van der Waals surface area (Å²) in [5.74, 6) is 1.94. The maximum absolute atomic E-state index is 4.59. The third-order valence-corrected chi connectivity index (χ3v) is 3.83. The van der Waals surface area contributed by atoms with E-state index in [1.165, 1.54) is 23.2 Å². The van der Waals surface area contributed by atoms with Crippen LogP contribution in [0.2, 0.25) is 0 Å². The van der Waals surface area contributed by atoms with Crippen LogP contribution in [0.3, 0.4) is 0 Å². The van der Waals surface area contributed by atoms with Crippen molar-refractivity contribution in [3.05, 3.63) is 29.1 Å². The van der Waals surface area contributed by atoms with E-state index >= 15 is 0 Å². The van der Waals surface area contributed by atoms with Crippen molar-refractivity contribution in [1.29, 1.82) is 0 Å². The van der Waals surface area contributed by atoms with Crippen molar-refractivity contribution in [2.45, 2.75) is 52.5 Å². The van der Waals surface area contributed by atoms with E-state index in [9.17, 15) is 0 Å². The summed E-state index contributed by atoms with van der Waals surface area (Å²) in [5.41, 5.74) is 4.30. The minimum Gasteiger partial charge on any atom is -0.311 e. The van der Waals surface area contributed by atoms with E-state index in [1.807, 2.05) is 6.20 Å². The van der Waals surface area contributed by atoms with Gasteiger partial charge in [-0.05, 0) is 47.9 Å². The summed E-state index contributed by atoms with van der Waals surface area (Å²) in [4.78, 5) is 4.59. The quantitative estimate of drug-likeness (QED) is 0.845.